The van der Waals surface area contributed by atoms with Gasteiger partial charge in [-0.3, -0.25) is 9.69 Å². The van der Waals surface area contributed by atoms with Crippen molar-refractivity contribution >= 4 is 12.0 Å². The fraction of sp³-hybridized carbons (Fsp3) is 0.857. The van der Waals surface area contributed by atoms with Gasteiger partial charge in [0.2, 0.25) is 5.91 Å². The Kier molecular flexibility index (Phi) is 5.41. The van der Waals surface area contributed by atoms with Crippen molar-refractivity contribution in [3.05, 3.63) is 0 Å². The highest BCUT2D eigenvalue weighted by Gasteiger charge is 2.33. The van der Waals surface area contributed by atoms with E-state index in [1.165, 1.54) is 4.90 Å². The Labute approximate surface area is 125 Å². The minimum Gasteiger partial charge on any atom is -0.465 e. The molecule has 2 saturated heterocycles. The van der Waals surface area contributed by atoms with Crippen LogP contribution < -0.4 is 0 Å². The van der Waals surface area contributed by atoms with E-state index < -0.39 is 12.1 Å². The third-order valence-electron chi connectivity index (χ3n) is 4.38. The molecule has 2 atom stereocenters. The number of β-amino-alcohol motifs (C(OH)–C–C–N with tert-alkyl or cyclic N) is 1. The number of piperazine rings is 1. The second-order valence-corrected chi connectivity index (χ2v) is 5.93. The first kappa shape index (κ1) is 16.0. The molecule has 0 spiro atoms. The largest absolute Gasteiger partial charge is 0.465 e. The smallest absolute Gasteiger partial charge is 0.408 e. The third-order valence-corrected chi connectivity index (χ3v) is 4.38. The molecule has 7 heteroatoms. The van der Waals surface area contributed by atoms with E-state index in [0.29, 0.717) is 19.6 Å². The van der Waals surface area contributed by atoms with Crippen LogP contribution in [0.4, 0.5) is 4.79 Å². The molecule has 0 bridgehead atoms. The highest BCUT2D eigenvalue weighted by molar-refractivity contribution is 5.86. The SMILES string of the molecule is CC1C(=O)N(CCCN2CCCC(O)C2)CCN1C(=O)O. The minimum atomic E-state index is -1.03. The molecule has 2 unspecified atom stereocenters. The summed E-state index contributed by atoms with van der Waals surface area (Å²) in [5.74, 6) is -0.109. The number of piperidine rings is 1. The number of hydrogen-bond acceptors (Lipinski definition) is 4. The van der Waals surface area contributed by atoms with Gasteiger partial charge in [0.15, 0.2) is 0 Å². The lowest BCUT2D eigenvalue weighted by atomic mass is 10.1. The normalized spacial score (nSPS) is 28.0. The van der Waals surface area contributed by atoms with E-state index in [-0.39, 0.29) is 12.0 Å². The quantitative estimate of drug-likeness (QED) is 0.766. The number of nitrogens with zero attached hydrogens (tertiary/aromatic N) is 3. The van der Waals surface area contributed by atoms with Gasteiger partial charge < -0.3 is 20.0 Å². The second-order valence-electron chi connectivity index (χ2n) is 5.93. The summed E-state index contributed by atoms with van der Waals surface area (Å²) < 4.78 is 0. The van der Waals surface area contributed by atoms with Gasteiger partial charge in [-0.15, -0.1) is 0 Å². The molecule has 2 aliphatic rings. The molecule has 2 N–H and O–H groups in total. The second kappa shape index (κ2) is 7.09. The Morgan fingerprint density at radius 2 is 2.05 bits per heavy atom. The van der Waals surface area contributed by atoms with E-state index in [9.17, 15) is 14.7 Å². The maximum absolute atomic E-state index is 12.1. The molecule has 0 saturated carbocycles. The molecule has 2 amide bonds. The van der Waals surface area contributed by atoms with Crippen molar-refractivity contribution in [1.29, 1.82) is 0 Å². The zero-order valence-corrected chi connectivity index (χ0v) is 12.6. The van der Waals surface area contributed by atoms with Crippen LogP contribution in [0.2, 0.25) is 0 Å². The zero-order chi connectivity index (χ0) is 15.4. The lowest BCUT2D eigenvalue weighted by molar-refractivity contribution is -0.139. The number of carbonyl (C=O) groups is 2. The van der Waals surface area contributed by atoms with Crippen molar-refractivity contribution < 1.29 is 19.8 Å². The summed E-state index contributed by atoms with van der Waals surface area (Å²) >= 11 is 0. The molecule has 0 radical (unpaired) electrons. The van der Waals surface area contributed by atoms with E-state index in [4.69, 9.17) is 5.11 Å². The number of aliphatic hydroxyl groups excluding tert-OH is 1. The maximum Gasteiger partial charge on any atom is 0.408 e. The molecule has 0 aromatic heterocycles. The van der Waals surface area contributed by atoms with Crippen molar-refractivity contribution in [1.82, 2.24) is 14.7 Å². The van der Waals surface area contributed by atoms with Crippen molar-refractivity contribution in [2.75, 3.05) is 39.3 Å². The molecule has 0 aliphatic carbocycles. The molecule has 2 rings (SSSR count). The summed E-state index contributed by atoms with van der Waals surface area (Å²) in [5.41, 5.74) is 0. The van der Waals surface area contributed by atoms with Crippen molar-refractivity contribution in [3.63, 3.8) is 0 Å². The fourth-order valence-electron chi connectivity index (χ4n) is 3.13. The minimum absolute atomic E-state index is 0.109. The Balaban J connectivity index is 1.74. The summed E-state index contributed by atoms with van der Waals surface area (Å²) in [4.78, 5) is 28.3. The topological polar surface area (TPSA) is 84.3 Å². The molecule has 2 aliphatic heterocycles. The maximum atomic E-state index is 12.1. The number of carboxylic acid groups (broad SMARTS) is 1. The van der Waals surface area contributed by atoms with E-state index in [1.807, 2.05) is 0 Å². The van der Waals surface area contributed by atoms with Gasteiger partial charge in [-0.2, -0.15) is 0 Å². The Hall–Kier alpha value is -1.34. The number of rotatable bonds is 4. The third kappa shape index (κ3) is 4.07. The van der Waals surface area contributed by atoms with Crippen LogP contribution >= 0.6 is 0 Å². The first-order valence-corrected chi connectivity index (χ1v) is 7.68. The molecule has 0 aromatic carbocycles. The predicted octanol–water partition coefficient (Wildman–Crippen LogP) is 0.0439. The van der Waals surface area contributed by atoms with E-state index in [1.54, 1.807) is 11.8 Å². The zero-order valence-electron chi connectivity index (χ0n) is 12.6. The average molecular weight is 299 g/mol. The summed E-state index contributed by atoms with van der Waals surface area (Å²) in [6.45, 7) is 5.75. The van der Waals surface area contributed by atoms with Crippen LogP contribution in [0.3, 0.4) is 0 Å². The van der Waals surface area contributed by atoms with Crippen LogP contribution in [-0.4, -0.2) is 88.3 Å². The number of likely N-dealkylation sites (tertiary alicyclic amines) is 1. The highest BCUT2D eigenvalue weighted by atomic mass is 16.4. The molecule has 0 aromatic rings. The van der Waals surface area contributed by atoms with Crippen LogP contribution in [0.15, 0.2) is 0 Å². The molecule has 2 fully saturated rings. The average Bonchev–Trinajstić information content (AvgIpc) is 2.43. The van der Waals surface area contributed by atoms with Gasteiger partial charge in [0.05, 0.1) is 6.10 Å². The van der Waals surface area contributed by atoms with Crippen LogP contribution in [0.5, 0.6) is 0 Å². The van der Waals surface area contributed by atoms with Gasteiger partial charge in [0.25, 0.3) is 0 Å². The molecule has 7 nitrogen and oxygen atoms in total. The van der Waals surface area contributed by atoms with Gasteiger partial charge >= 0.3 is 6.09 Å². The van der Waals surface area contributed by atoms with Gasteiger partial charge in [-0.25, -0.2) is 4.79 Å². The standard InChI is InChI=1S/C14H25N3O4/c1-11-13(19)16(8-9-17(11)14(20)21)7-3-6-15-5-2-4-12(18)10-15/h11-12,18H,2-10H2,1H3,(H,20,21). The van der Waals surface area contributed by atoms with Crippen LogP contribution in [0.1, 0.15) is 26.2 Å². The summed E-state index contributed by atoms with van der Waals surface area (Å²) in [6, 6.07) is -0.590. The van der Waals surface area contributed by atoms with Crippen molar-refractivity contribution in [3.8, 4) is 0 Å². The summed E-state index contributed by atoms with van der Waals surface area (Å²) in [5, 5.41) is 18.6. The number of aliphatic hydroxyl groups is 1. The molecular formula is C14H25N3O4. The van der Waals surface area contributed by atoms with E-state index in [2.05, 4.69) is 4.90 Å². The monoisotopic (exact) mass is 299 g/mol. The van der Waals surface area contributed by atoms with E-state index in [0.717, 1.165) is 38.9 Å². The molecule has 21 heavy (non-hydrogen) atoms. The van der Waals surface area contributed by atoms with E-state index >= 15 is 0 Å². The van der Waals surface area contributed by atoms with Gasteiger partial charge in [0.1, 0.15) is 6.04 Å². The first-order chi connectivity index (χ1) is 9.99. The van der Waals surface area contributed by atoms with Gasteiger partial charge in [-0.1, -0.05) is 0 Å². The Bertz CT molecular complexity index is 390. The molecular weight excluding hydrogens is 274 g/mol. The lowest BCUT2D eigenvalue weighted by Crippen LogP contribution is -2.57. The Morgan fingerprint density at radius 3 is 2.71 bits per heavy atom. The molecule has 2 heterocycles. The first-order valence-electron chi connectivity index (χ1n) is 7.68. The number of carbonyl (C=O) groups excluding carboxylic acids is 1. The highest BCUT2D eigenvalue weighted by Crippen LogP contribution is 2.13. The van der Waals surface area contributed by atoms with Crippen molar-refractivity contribution in [2.24, 2.45) is 0 Å². The predicted molar refractivity (Wildman–Crippen MR) is 77.1 cm³/mol. The fourth-order valence-corrected chi connectivity index (χ4v) is 3.13. The van der Waals surface area contributed by atoms with Gasteiger partial charge in [-0.05, 0) is 39.3 Å². The summed E-state index contributed by atoms with van der Waals surface area (Å²) in [7, 11) is 0. The van der Waals surface area contributed by atoms with Crippen LogP contribution in [0.25, 0.3) is 0 Å². The van der Waals surface area contributed by atoms with Gasteiger partial charge in [0, 0.05) is 26.2 Å². The van der Waals surface area contributed by atoms with Crippen LogP contribution in [-0.2, 0) is 4.79 Å². The Morgan fingerprint density at radius 1 is 1.29 bits per heavy atom. The van der Waals surface area contributed by atoms with Crippen LogP contribution in [0, 0.1) is 0 Å². The number of hydrogen-bond donors (Lipinski definition) is 2. The van der Waals surface area contributed by atoms with Crippen molar-refractivity contribution in [2.45, 2.75) is 38.3 Å². The summed E-state index contributed by atoms with van der Waals surface area (Å²) in [6.07, 6.45) is 1.51. The number of amides is 2. The lowest BCUT2D eigenvalue weighted by Gasteiger charge is -2.38. The molecule has 120 valence electrons.